The molecule has 0 atom stereocenters. The number of likely N-dealkylation sites (N-methyl/N-ethyl adjacent to an activating group) is 1. The van der Waals surface area contributed by atoms with E-state index in [1.54, 1.807) is 7.11 Å². The Balaban J connectivity index is 2.60. The van der Waals surface area contributed by atoms with E-state index in [9.17, 15) is 0 Å². The largest absolute Gasteiger partial charge is 0.492 e. The molecule has 1 aromatic carbocycles. The number of aryl methyl sites for hydroxylation is 2. The Labute approximate surface area is 152 Å². The number of hydrogen-bond acceptors (Lipinski definition) is 5. The number of rotatable bonds is 11. The Bertz CT molecular complexity index is 559. The van der Waals surface area contributed by atoms with Gasteiger partial charge in [-0.05, 0) is 57.5 Å². The number of nitrogens with zero attached hydrogens (tertiary/aromatic N) is 2. The maximum absolute atomic E-state index is 6.04. The molecular formula is C20H32N2O3. The molecule has 0 spiro atoms. The molecule has 0 heterocycles. The van der Waals surface area contributed by atoms with Crippen molar-refractivity contribution >= 4 is 5.71 Å². The van der Waals surface area contributed by atoms with Gasteiger partial charge in [0, 0.05) is 13.1 Å². The fourth-order valence-electron chi connectivity index (χ4n) is 2.60. The highest BCUT2D eigenvalue weighted by atomic mass is 16.6. The van der Waals surface area contributed by atoms with E-state index in [0.717, 1.165) is 48.0 Å². The molecule has 0 radical (unpaired) electrons. The van der Waals surface area contributed by atoms with Crippen molar-refractivity contribution < 1.29 is 14.3 Å². The van der Waals surface area contributed by atoms with Crippen molar-refractivity contribution in [3.05, 3.63) is 35.4 Å². The fraction of sp³-hybridized carbons (Fsp3) is 0.550. The van der Waals surface area contributed by atoms with Crippen LogP contribution in [-0.2, 0) is 4.84 Å². The van der Waals surface area contributed by atoms with Crippen LogP contribution in [-0.4, -0.2) is 50.6 Å². The zero-order valence-electron chi connectivity index (χ0n) is 16.5. The molecule has 0 fully saturated rings. The van der Waals surface area contributed by atoms with E-state index in [0.29, 0.717) is 13.2 Å². The Kier molecular flexibility index (Phi) is 9.70. The second-order valence-corrected chi connectivity index (χ2v) is 5.99. The molecule has 140 valence electrons. The quantitative estimate of drug-likeness (QED) is 0.345. The van der Waals surface area contributed by atoms with E-state index < -0.39 is 0 Å². The van der Waals surface area contributed by atoms with Gasteiger partial charge in [0.1, 0.15) is 31.8 Å². The minimum absolute atomic E-state index is 0.587. The van der Waals surface area contributed by atoms with Gasteiger partial charge in [0.25, 0.3) is 0 Å². The summed E-state index contributed by atoms with van der Waals surface area (Å²) < 4.78 is 11.8. The Hall–Kier alpha value is -2.01. The molecule has 0 unspecified atom stereocenters. The molecule has 0 aliphatic rings. The first kappa shape index (κ1) is 21.0. The van der Waals surface area contributed by atoms with Gasteiger partial charge in [-0.25, -0.2) is 0 Å². The smallest absolute Gasteiger partial charge is 0.125 e. The molecule has 5 heteroatoms. The fourth-order valence-corrected chi connectivity index (χ4v) is 2.60. The third-order valence-electron chi connectivity index (χ3n) is 3.82. The van der Waals surface area contributed by atoms with Gasteiger partial charge < -0.3 is 14.3 Å². The highest BCUT2D eigenvalue weighted by molar-refractivity contribution is 5.83. The van der Waals surface area contributed by atoms with Gasteiger partial charge in [-0.3, -0.25) is 4.90 Å². The summed E-state index contributed by atoms with van der Waals surface area (Å²) in [5.74, 6) is 1.82. The Morgan fingerprint density at radius 2 is 1.88 bits per heavy atom. The van der Waals surface area contributed by atoms with E-state index in [-0.39, 0.29) is 0 Å². The van der Waals surface area contributed by atoms with Crippen LogP contribution in [0.25, 0.3) is 0 Å². The molecular weight excluding hydrogens is 316 g/mol. The highest BCUT2D eigenvalue weighted by Gasteiger charge is 2.09. The lowest BCUT2D eigenvalue weighted by atomic mass is 10.1. The summed E-state index contributed by atoms with van der Waals surface area (Å²) in [6, 6.07) is 4.05. The lowest BCUT2D eigenvalue weighted by Gasteiger charge is -2.21. The van der Waals surface area contributed by atoms with Crippen LogP contribution in [0.2, 0.25) is 0 Å². The van der Waals surface area contributed by atoms with Crippen LogP contribution in [0, 0.1) is 13.8 Å². The Morgan fingerprint density at radius 3 is 2.44 bits per heavy atom. The molecule has 0 aliphatic carbocycles. The third kappa shape index (κ3) is 7.61. The van der Waals surface area contributed by atoms with Crippen molar-refractivity contribution in [3.63, 3.8) is 0 Å². The maximum Gasteiger partial charge on any atom is 0.125 e. The second-order valence-electron chi connectivity index (χ2n) is 5.99. The summed E-state index contributed by atoms with van der Waals surface area (Å²) in [5, 5.41) is 3.96. The van der Waals surface area contributed by atoms with Crippen LogP contribution >= 0.6 is 0 Å². The van der Waals surface area contributed by atoms with Crippen LogP contribution in [0.5, 0.6) is 11.5 Å². The number of ether oxygens (including phenoxy) is 2. The average Bonchev–Trinajstić information content (AvgIpc) is 2.56. The Morgan fingerprint density at radius 1 is 1.20 bits per heavy atom. The minimum atomic E-state index is 0.587. The molecule has 0 saturated heterocycles. The maximum atomic E-state index is 6.04. The average molecular weight is 348 g/mol. The van der Waals surface area contributed by atoms with Crippen LogP contribution < -0.4 is 9.47 Å². The number of hydrogen-bond donors (Lipinski definition) is 0. The normalized spacial score (nSPS) is 12.0. The number of oxime groups is 1. The zero-order chi connectivity index (χ0) is 18.7. The molecule has 0 saturated carbocycles. The first-order valence-electron chi connectivity index (χ1n) is 8.78. The highest BCUT2D eigenvalue weighted by Crippen LogP contribution is 2.28. The number of benzene rings is 1. The van der Waals surface area contributed by atoms with E-state index in [1.165, 1.54) is 0 Å². The van der Waals surface area contributed by atoms with E-state index in [4.69, 9.17) is 14.3 Å². The standard InChI is InChI=1S/C20H32N2O3/c1-7-9-11-24-19-13-16(3)20(17(4)14-19)25-12-10-22(8-2)15-18(5)21-23-6/h7,9,13-14H,8,10-12,15H2,1-6H3/b9-7+,21-18+. The van der Waals surface area contributed by atoms with Crippen LogP contribution in [0.4, 0.5) is 0 Å². The van der Waals surface area contributed by atoms with Crippen LogP contribution in [0.15, 0.2) is 29.4 Å². The molecule has 25 heavy (non-hydrogen) atoms. The summed E-state index contributed by atoms with van der Waals surface area (Å²) >= 11 is 0. The van der Waals surface area contributed by atoms with E-state index in [1.807, 2.05) is 38.1 Å². The molecule has 1 rings (SSSR count). The monoisotopic (exact) mass is 348 g/mol. The predicted molar refractivity (Wildman–Crippen MR) is 104 cm³/mol. The van der Waals surface area contributed by atoms with Gasteiger partial charge in [-0.2, -0.15) is 0 Å². The number of allylic oxidation sites excluding steroid dienone is 1. The lowest BCUT2D eigenvalue weighted by molar-refractivity contribution is 0.205. The van der Waals surface area contributed by atoms with Gasteiger partial charge in [0.15, 0.2) is 0 Å². The lowest BCUT2D eigenvalue weighted by Crippen LogP contribution is -2.32. The van der Waals surface area contributed by atoms with Gasteiger partial charge in [0.2, 0.25) is 0 Å². The summed E-state index contributed by atoms with van der Waals surface area (Å²) in [6.07, 6.45) is 3.97. The summed E-state index contributed by atoms with van der Waals surface area (Å²) in [5.41, 5.74) is 3.14. The molecule has 0 amide bonds. The molecule has 5 nitrogen and oxygen atoms in total. The van der Waals surface area contributed by atoms with E-state index in [2.05, 4.69) is 30.8 Å². The van der Waals surface area contributed by atoms with Gasteiger partial charge in [0.05, 0.1) is 5.71 Å². The predicted octanol–water partition coefficient (Wildman–Crippen LogP) is 3.98. The first-order valence-corrected chi connectivity index (χ1v) is 8.78. The van der Waals surface area contributed by atoms with Crippen molar-refractivity contribution in [2.75, 3.05) is 40.0 Å². The minimum Gasteiger partial charge on any atom is -0.492 e. The molecule has 1 aromatic rings. The summed E-state index contributed by atoms with van der Waals surface area (Å²) in [6.45, 7) is 14.0. The van der Waals surface area contributed by atoms with Crippen LogP contribution in [0.1, 0.15) is 31.9 Å². The summed E-state index contributed by atoms with van der Waals surface area (Å²) in [4.78, 5) is 7.09. The third-order valence-corrected chi connectivity index (χ3v) is 3.82. The topological polar surface area (TPSA) is 43.3 Å². The SMILES string of the molecule is C/C=C/COc1cc(C)c(OCCN(CC)C/C(C)=N/OC)c(C)c1. The van der Waals surface area contributed by atoms with Gasteiger partial charge in [-0.15, -0.1) is 0 Å². The summed E-state index contributed by atoms with van der Waals surface area (Å²) in [7, 11) is 1.57. The molecule has 0 aliphatic heterocycles. The van der Waals surface area contributed by atoms with Gasteiger partial charge in [-0.1, -0.05) is 24.2 Å². The van der Waals surface area contributed by atoms with Crippen molar-refractivity contribution in [2.24, 2.45) is 5.16 Å². The van der Waals surface area contributed by atoms with Gasteiger partial charge >= 0.3 is 0 Å². The van der Waals surface area contributed by atoms with E-state index >= 15 is 0 Å². The van der Waals surface area contributed by atoms with Crippen molar-refractivity contribution in [1.29, 1.82) is 0 Å². The molecule has 0 aromatic heterocycles. The first-order chi connectivity index (χ1) is 12.0. The van der Waals surface area contributed by atoms with Crippen LogP contribution in [0.3, 0.4) is 0 Å². The zero-order valence-corrected chi connectivity index (χ0v) is 16.5. The molecule has 0 N–H and O–H groups in total. The second kappa shape index (κ2) is 11.5. The van der Waals surface area contributed by atoms with Crippen molar-refractivity contribution in [2.45, 2.75) is 34.6 Å². The van der Waals surface area contributed by atoms with Crippen molar-refractivity contribution in [1.82, 2.24) is 4.90 Å². The van der Waals surface area contributed by atoms with Crippen molar-refractivity contribution in [3.8, 4) is 11.5 Å². The molecule has 0 bridgehead atoms.